The maximum Gasteiger partial charge on any atom is 2.00 e. The van der Waals surface area contributed by atoms with E-state index >= 15 is 0 Å². The molecular formula is C32H29BCoN6O2. The molecule has 0 atom stereocenters. The van der Waals surface area contributed by atoms with Crippen molar-refractivity contribution in [1.29, 1.82) is 0 Å². The molecule has 0 amide bonds. The third-order valence-electron chi connectivity index (χ3n) is 6.41. The largest absolute Gasteiger partial charge is 2.00 e. The molecule has 0 aliphatic carbocycles. The monoisotopic (exact) mass is 599 g/mol. The van der Waals surface area contributed by atoms with E-state index in [0.29, 0.717) is 0 Å². The summed E-state index contributed by atoms with van der Waals surface area (Å²) in [5.74, 6) is -0.375. The summed E-state index contributed by atoms with van der Waals surface area (Å²) in [7, 11) is -1.48. The van der Waals surface area contributed by atoms with Gasteiger partial charge in [0.1, 0.15) is 0 Å². The van der Waals surface area contributed by atoms with Crippen molar-refractivity contribution in [1.82, 2.24) is 29.1 Å². The number of carbonyl (C=O) groups excluding carboxylic acids is 1. The molecule has 0 fully saturated rings. The van der Waals surface area contributed by atoms with Crippen LogP contribution in [0, 0.1) is 0 Å². The molecule has 0 bridgehead atoms. The Bertz CT molecular complexity index is 1560. The molecule has 3 heterocycles. The number of aromatic nitrogens is 6. The fourth-order valence-corrected chi connectivity index (χ4v) is 4.58. The van der Waals surface area contributed by atoms with E-state index in [1.165, 1.54) is 13.8 Å². The van der Waals surface area contributed by atoms with Crippen molar-refractivity contribution in [3.63, 3.8) is 0 Å². The number of benzene rings is 3. The minimum absolute atomic E-state index is 0. The first-order valence-electron chi connectivity index (χ1n) is 13.3. The van der Waals surface area contributed by atoms with Gasteiger partial charge in [0.2, 0.25) is 0 Å². The van der Waals surface area contributed by atoms with Crippen molar-refractivity contribution in [2.45, 2.75) is 13.8 Å². The van der Waals surface area contributed by atoms with E-state index in [0.717, 1.165) is 39.8 Å². The summed E-state index contributed by atoms with van der Waals surface area (Å²) in [5, 5.41) is 24.8. The number of nitrogens with zero attached hydrogens (tertiary/aromatic N) is 6. The van der Waals surface area contributed by atoms with Crippen LogP contribution in [0.2, 0.25) is 0 Å². The van der Waals surface area contributed by atoms with Crippen LogP contribution in [0.3, 0.4) is 0 Å². The number of carbonyl (C=O) groups is 1. The summed E-state index contributed by atoms with van der Waals surface area (Å²) >= 11 is 0. The van der Waals surface area contributed by atoms with Crippen molar-refractivity contribution < 1.29 is 26.7 Å². The van der Waals surface area contributed by atoms with Gasteiger partial charge in [0, 0.05) is 16.7 Å². The number of hydrogen-bond donors (Lipinski definition) is 0. The van der Waals surface area contributed by atoms with Gasteiger partial charge in [-0.25, -0.2) is 15.3 Å². The molecule has 0 saturated carbocycles. The minimum Gasteiger partial charge on any atom is -0.876 e. The molecule has 3 aromatic carbocycles. The van der Waals surface area contributed by atoms with Gasteiger partial charge in [-0.3, -0.25) is 4.79 Å². The molecule has 0 aliphatic heterocycles. The zero-order valence-electron chi connectivity index (χ0n) is 23.2. The zero-order chi connectivity index (χ0) is 28.6. The maximum atomic E-state index is 9.98. The maximum absolute atomic E-state index is 9.98. The second-order valence-corrected chi connectivity index (χ2v) is 9.61. The quantitative estimate of drug-likeness (QED) is 0.150. The Morgan fingerprint density at radius 2 is 0.905 bits per heavy atom. The van der Waals surface area contributed by atoms with Crippen molar-refractivity contribution in [2.24, 2.45) is 0 Å². The molecule has 0 spiro atoms. The van der Waals surface area contributed by atoms with E-state index in [9.17, 15) is 9.90 Å². The van der Waals surface area contributed by atoms with Crippen LogP contribution >= 0.6 is 0 Å². The Morgan fingerprint density at radius 3 is 1.14 bits per heavy atom. The molecule has 10 heteroatoms. The van der Waals surface area contributed by atoms with Crippen LogP contribution in [-0.4, -0.2) is 42.0 Å². The first-order chi connectivity index (χ1) is 20.0. The van der Waals surface area contributed by atoms with Crippen LogP contribution < -0.4 is 5.11 Å². The van der Waals surface area contributed by atoms with Crippen molar-refractivity contribution in [2.75, 3.05) is 0 Å². The van der Waals surface area contributed by atoms with Crippen LogP contribution in [0.5, 0.6) is 0 Å². The molecule has 3 aromatic heterocycles. The SMILES string of the molecule is CC(=O)/C=C(/C)[O-].[Co+2].c1ccc(-c2ccn([BH-](n3ccc(-c4ccccc4)n3)n3ccc(-c4ccccc4)n3)n2)cc1. The second kappa shape index (κ2) is 14.1. The Balaban J connectivity index is 0.000000454. The van der Waals surface area contributed by atoms with Gasteiger partial charge in [-0.2, -0.15) is 0 Å². The molecule has 0 unspecified atom stereocenters. The molecule has 0 saturated heterocycles. The fraction of sp³-hybridized carbons (Fsp3) is 0.0625. The van der Waals surface area contributed by atoms with Gasteiger partial charge in [0.15, 0.2) is 5.78 Å². The average Bonchev–Trinajstić information content (AvgIpc) is 3.77. The van der Waals surface area contributed by atoms with Crippen LogP contribution in [0.15, 0.2) is 140 Å². The standard InChI is InChI=1S/C27H22BN6.C5H8O2.Co/c1-4-10-22(11-5-1)25-16-19-32(29-25)28(33-20-17-26(30-33)23-12-6-2-7-13-23)34-21-18-27(31-34)24-14-8-3-9-15-24;1-4(6)3-5(2)7;/h1-21,28H;3,6H,1-2H3;/q-1;;+2/p-1/b;4-3-;. The van der Waals surface area contributed by atoms with E-state index in [-0.39, 0.29) is 28.3 Å². The topological polar surface area (TPSA) is 93.6 Å². The Morgan fingerprint density at radius 1 is 0.595 bits per heavy atom. The van der Waals surface area contributed by atoms with Gasteiger partial charge < -0.3 is 18.9 Å². The van der Waals surface area contributed by atoms with Crippen LogP contribution in [0.4, 0.5) is 0 Å². The fourth-order valence-electron chi connectivity index (χ4n) is 4.58. The van der Waals surface area contributed by atoms with E-state index < -0.39 is 7.12 Å². The molecule has 0 aliphatic rings. The molecule has 42 heavy (non-hydrogen) atoms. The van der Waals surface area contributed by atoms with E-state index in [2.05, 4.69) is 36.4 Å². The smallest absolute Gasteiger partial charge is 0.876 e. The molecular weight excluding hydrogens is 570 g/mol. The van der Waals surface area contributed by atoms with Crippen LogP contribution in [-0.2, 0) is 21.6 Å². The molecule has 1 radical (unpaired) electrons. The average molecular weight is 599 g/mol. The minimum atomic E-state index is -1.48. The van der Waals surface area contributed by atoms with E-state index in [1.54, 1.807) is 0 Å². The van der Waals surface area contributed by atoms with Crippen molar-refractivity contribution in [3.8, 4) is 33.8 Å². The van der Waals surface area contributed by atoms with Gasteiger partial charge in [-0.1, -0.05) is 97.9 Å². The molecule has 211 valence electrons. The second-order valence-electron chi connectivity index (χ2n) is 9.61. The third kappa shape index (κ3) is 7.42. The van der Waals surface area contributed by atoms with E-state index in [1.807, 2.05) is 105 Å². The van der Waals surface area contributed by atoms with E-state index in [4.69, 9.17) is 15.3 Å². The number of allylic oxidation sites excluding steroid dienone is 2. The predicted octanol–water partition coefficient (Wildman–Crippen LogP) is 4.78. The summed E-state index contributed by atoms with van der Waals surface area (Å²) in [6.07, 6.45) is 7.09. The van der Waals surface area contributed by atoms with Crippen molar-refractivity contribution in [3.05, 3.63) is 140 Å². The molecule has 0 N–H and O–H groups in total. The Hall–Kier alpha value is -4.93. The number of ketones is 1. The third-order valence-corrected chi connectivity index (χ3v) is 6.41. The first-order valence-corrected chi connectivity index (χ1v) is 13.3. The summed E-state index contributed by atoms with van der Waals surface area (Å²) in [6.45, 7) is 2.70. The number of hydrogen-bond acceptors (Lipinski definition) is 5. The van der Waals surface area contributed by atoms with Gasteiger partial charge in [-0.05, 0) is 49.8 Å². The summed E-state index contributed by atoms with van der Waals surface area (Å²) in [6, 6.07) is 36.7. The molecule has 6 rings (SSSR count). The Labute approximate surface area is 255 Å². The molecule has 6 aromatic rings. The summed E-state index contributed by atoms with van der Waals surface area (Å²) in [4.78, 5) is 9.98. The first kappa shape index (κ1) is 30.0. The number of rotatable bonds is 7. The van der Waals surface area contributed by atoms with Gasteiger partial charge in [-0.15, -0.1) is 5.76 Å². The predicted molar refractivity (Wildman–Crippen MR) is 161 cm³/mol. The van der Waals surface area contributed by atoms with Crippen LogP contribution in [0.1, 0.15) is 13.8 Å². The van der Waals surface area contributed by atoms with Crippen molar-refractivity contribution >= 4 is 12.9 Å². The molecule has 8 nitrogen and oxygen atoms in total. The van der Waals surface area contributed by atoms with Gasteiger partial charge >= 0.3 is 23.9 Å². The van der Waals surface area contributed by atoms with Gasteiger partial charge in [0.25, 0.3) is 0 Å². The zero-order valence-corrected chi connectivity index (χ0v) is 24.3. The van der Waals surface area contributed by atoms with Gasteiger partial charge in [0.05, 0.1) is 17.1 Å². The Kier molecular flexibility index (Phi) is 10.1. The normalized spacial score (nSPS) is 11.0. The summed E-state index contributed by atoms with van der Waals surface area (Å²) < 4.78 is 5.93. The summed E-state index contributed by atoms with van der Waals surface area (Å²) in [5.41, 5.74) is 6.00. The van der Waals surface area contributed by atoms with Crippen LogP contribution in [0.25, 0.3) is 33.8 Å².